The number of aromatic nitrogens is 4. The monoisotopic (exact) mass is 307 g/mol. The Morgan fingerprint density at radius 1 is 1.33 bits per heavy atom. The fourth-order valence-corrected chi connectivity index (χ4v) is 3.25. The zero-order valence-corrected chi connectivity index (χ0v) is 13.6. The Balaban J connectivity index is 2.06. The van der Waals surface area contributed by atoms with Crippen molar-refractivity contribution in [2.45, 2.75) is 27.7 Å². The zero-order chi connectivity index (χ0) is 15.4. The van der Waals surface area contributed by atoms with Crippen LogP contribution in [0.3, 0.4) is 0 Å². The normalized spacial score (nSPS) is 11.6. The molecule has 2 aromatic rings. The molecule has 0 aliphatic carbocycles. The third-order valence-corrected chi connectivity index (χ3v) is 4.56. The van der Waals surface area contributed by atoms with Crippen molar-refractivity contribution in [3.8, 4) is 5.69 Å². The first-order valence-corrected chi connectivity index (χ1v) is 7.97. The third kappa shape index (κ3) is 3.66. The first kappa shape index (κ1) is 15.6. The standard InChI is InChI=1S/C14H21N5OS/c1-9(2)11(10(3)4)7-15-14(20)13-12(5-6-21-13)19-8-16-17-18-19/h5-6,8-11H,7H2,1-4H3,(H,15,20). The molecule has 114 valence electrons. The van der Waals surface area contributed by atoms with Gasteiger partial charge in [0.2, 0.25) is 0 Å². The van der Waals surface area contributed by atoms with E-state index in [0.29, 0.717) is 34.9 Å². The lowest BCUT2D eigenvalue weighted by atomic mass is 9.85. The molecule has 2 aromatic heterocycles. The van der Waals surface area contributed by atoms with Crippen LogP contribution in [0, 0.1) is 17.8 Å². The number of thiophene rings is 1. The smallest absolute Gasteiger partial charge is 0.263 e. The van der Waals surface area contributed by atoms with E-state index in [9.17, 15) is 4.79 Å². The molecule has 1 amide bonds. The molecule has 2 rings (SSSR count). The van der Waals surface area contributed by atoms with Crippen molar-refractivity contribution in [1.82, 2.24) is 25.5 Å². The zero-order valence-electron chi connectivity index (χ0n) is 12.8. The summed E-state index contributed by atoms with van der Waals surface area (Å²) in [7, 11) is 0. The Bertz CT molecular complexity index is 568. The summed E-state index contributed by atoms with van der Waals surface area (Å²) < 4.78 is 1.51. The van der Waals surface area contributed by atoms with Gasteiger partial charge in [-0.05, 0) is 39.6 Å². The number of carbonyl (C=O) groups excluding carboxylic acids is 1. The van der Waals surface area contributed by atoms with Gasteiger partial charge in [-0.25, -0.2) is 0 Å². The summed E-state index contributed by atoms with van der Waals surface area (Å²) in [6.45, 7) is 9.44. The fourth-order valence-electron chi connectivity index (χ4n) is 2.46. The van der Waals surface area contributed by atoms with Crippen LogP contribution in [-0.4, -0.2) is 32.7 Å². The van der Waals surface area contributed by atoms with Crippen molar-refractivity contribution in [3.05, 3.63) is 22.7 Å². The number of hydrogen-bond acceptors (Lipinski definition) is 5. The summed E-state index contributed by atoms with van der Waals surface area (Å²) in [5.41, 5.74) is 0.716. The molecule has 1 N–H and O–H groups in total. The third-order valence-electron chi connectivity index (χ3n) is 3.66. The molecule has 7 heteroatoms. The summed E-state index contributed by atoms with van der Waals surface area (Å²) in [5, 5.41) is 16.0. The molecule has 0 spiro atoms. The molecular formula is C14H21N5OS. The largest absolute Gasteiger partial charge is 0.351 e. The second kappa shape index (κ2) is 6.80. The Kier molecular flexibility index (Phi) is 5.06. The van der Waals surface area contributed by atoms with Crippen molar-refractivity contribution in [3.63, 3.8) is 0 Å². The lowest BCUT2D eigenvalue weighted by Gasteiger charge is -2.25. The summed E-state index contributed by atoms with van der Waals surface area (Å²) >= 11 is 1.40. The van der Waals surface area contributed by atoms with Crippen molar-refractivity contribution < 1.29 is 4.79 Å². The van der Waals surface area contributed by atoms with Crippen molar-refractivity contribution in [2.24, 2.45) is 17.8 Å². The van der Waals surface area contributed by atoms with Crippen LogP contribution in [0.5, 0.6) is 0 Å². The van der Waals surface area contributed by atoms with Gasteiger partial charge in [0.15, 0.2) is 0 Å². The Morgan fingerprint density at radius 3 is 2.62 bits per heavy atom. The van der Waals surface area contributed by atoms with Crippen LogP contribution in [0.2, 0.25) is 0 Å². The molecule has 0 aromatic carbocycles. The number of rotatable bonds is 6. The van der Waals surface area contributed by atoms with Crippen LogP contribution in [-0.2, 0) is 0 Å². The van der Waals surface area contributed by atoms with E-state index in [2.05, 4.69) is 48.5 Å². The van der Waals surface area contributed by atoms with E-state index in [1.165, 1.54) is 22.3 Å². The van der Waals surface area contributed by atoms with Crippen molar-refractivity contribution in [2.75, 3.05) is 6.54 Å². The molecule has 0 saturated carbocycles. The van der Waals surface area contributed by atoms with Gasteiger partial charge < -0.3 is 5.32 Å². The van der Waals surface area contributed by atoms with E-state index in [1.54, 1.807) is 0 Å². The topological polar surface area (TPSA) is 72.7 Å². The number of tetrazole rings is 1. The minimum absolute atomic E-state index is 0.0678. The van der Waals surface area contributed by atoms with Crippen LogP contribution in [0.1, 0.15) is 37.4 Å². The summed E-state index contributed by atoms with van der Waals surface area (Å²) in [4.78, 5) is 13.0. The first-order chi connectivity index (χ1) is 10.0. The predicted molar refractivity (Wildman–Crippen MR) is 82.5 cm³/mol. The molecule has 6 nitrogen and oxygen atoms in total. The van der Waals surface area contributed by atoms with E-state index in [0.717, 1.165) is 0 Å². The summed E-state index contributed by atoms with van der Waals surface area (Å²) in [6, 6.07) is 1.85. The van der Waals surface area contributed by atoms with E-state index in [1.807, 2.05) is 11.4 Å². The molecule has 0 unspecified atom stereocenters. The minimum Gasteiger partial charge on any atom is -0.351 e. The summed E-state index contributed by atoms with van der Waals surface area (Å²) in [6.07, 6.45) is 1.49. The van der Waals surface area contributed by atoms with Gasteiger partial charge in [0.05, 0.1) is 5.69 Å². The molecule has 0 fully saturated rings. The van der Waals surface area contributed by atoms with Gasteiger partial charge >= 0.3 is 0 Å². The highest BCUT2D eigenvalue weighted by molar-refractivity contribution is 7.12. The quantitative estimate of drug-likeness (QED) is 0.889. The van der Waals surface area contributed by atoms with Crippen LogP contribution < -0.4 is 5.32 Å². The minimum atomic E-state index is -0.0678. The van der Waals surface area contributed by atoms with Gasteiger partial charge in [0, 0.05) is 6.54 Å². The van der Waals surface area contributed by atoms with Crippen LogP contribution in [0.4, 0.5) is 0 Å². The lowest BCUT2D eigenvalue weighted by Crippen LogP contribution is -2.34. The summed E-state index contributed by atoms with van der Waals surface area (Å²) in [5.74, 6) is 1.47. The maximum absolute atomic E-state index is 12.4. The van der Waals surface area contributed by atoms with Gasteiger partial charge in [0.25, 0.3) is 5.91 Å². The van der Waals surface area contributed by atoms with Crippen molar-refractivity contribution in [1.29, 1.82) is 0 Å². The van der Waals surface area contributed by atoms with Gasteiger partial charge in [-0.3, -0.25) is 4.79 Å². The molecule has 0 saturated heterocycles. The van der Waals surface area contributed by atoms with Gasteiger partial charge in [-0.15, -0.1) is 16.4 Å². The number of hydrogen-bond donors (Lipinski definition) is 1. The highest BCUT2D eigenvalue weighted by Gasteiger charge is 2.20. The van der Waals surface area contributed by atoms with Crippen LogP contribution in [0.15, 0.2) is 17.8 Å². The highest BCUT2D eigenvalue weighted by Crippen LogP contribution is 2.22. The van der Waals surface area contributed by atoms with E-state index >= 15 is 0 Å². The second-order valence-corrected chi connectivity index (χ2v) is 6.67. The average Bonchev–Trinajstić information content (AvgIpc) is 3.08. The molecular weight excluding hydrogens is 286 g/mol. The molecule has 0 radical (unpaired) electrons. The second-order valence-electron chi connectivity index (χ2n) is 5.75. The first-order valence-electron chi connectivity index (χ1n) is 7.09. The molecule has 0 atom stereocenters. The van der Waals surface area contributed by atoms with E-state index in [-0.39, 0.29) is 5.91 Å². The number of nitrogens with zero attached hydrogens (tertiary/aromatic N) is 4. The van der Waals surface area contributed by atoms with E-state index in [4.69, 9.17) is 0 Å². The Hall–Kier alpha value is -1.76. The lowest BCUT2D eigenvalue weighted by molar-refractivity contribution is 0.0941. The number of amides is 1. The van der Waals surface area contributed by atoms with Crippen molar-refractivity contribution >= 4 is 17.2 Å². The molecule has 0 aliphatic heterocycles. The van der Waals surface area contributed by atoms with Gasteiger partial charge in [0.1, 0.15) is 11.2 Å². The average molecular weight is 307 g/mol. The SMILES string of the molecule is CC(C)C(CNC(=O)c1sccc1-n1cnnn1)C(C)C. The molecule has 2 heterocycles. The molecule has 21 heavy (non-hydrogen) atoms. The van der Waals surface area contributed by atoms with Gasteiger partial charge in [-0.1, -0.05) is 27.7 Å². The predicted octanol–water partition coefficient (Wildman–Crippen LogP) is 2.38. The number of carbonyl (C=O) groups is 1. The Labute approximate surface area is 128 Å². The Morgan fingerprint density at radius 2 is 2.05 bits per heavy atom. The van der Waals surface area contributed by atoms with Crippen LogP contribution >= 0.6 is 11.3 Å². The maximum Gasteiger partial charge on any atom is 0.263 e. The van der Waals surface area contributed by atoms with Crippen LogP contribution in [0.25, 0.3) is 5.69 Å². The molecule has 0 aliphatic rings. The van der Waals surface area contributed by atoms with Gasteiger partial charge in [-0.2, -0.15) is 4.68 Å². The maximum atomic E-state index is 12.4. The number of nitrogens with one attached hydrogen (secondary N) is 1. The molecule has 0 bridgehead atoms. The fraction of sp³-hybridized carbons (Fsp3) is 0.571. The highest BCUT2D eigenvalue weighted by atomic mass is 32.1. The van der Waals surface area contributed by atoms with E-state index < -0.39 is 0 Å².